The first kappa shape index (κ1) is 25.1. The van der Waals surface area contributed by atoms with Crippen molar-refractivity contribution in [1.82, 2.24) is 0 Å². The quantitative estimate of drug-likeness (QED) is 0.317. The maximum Gasteiger partial charge on any atom is 0.349 e. The molecule has 0 aliphatic rings. The summed E-state index contributed by atoms with van der Waals surface area (Å²) in [5, 5.41) is 0. The second-order valence-electron chi connectivity index (χ2n) is 6.23. The summed E-state index contributed by atoms with van der Waals surface area (Å²) < 4.78 is 49.5. The Bertz CT molecular complexity index is 713. The monoisotopic (exact) mass is 430 g/mol. The normalized spacial score (nSPS) is 12.5. The lowest BCUT2D eigenvalue weighted by Gasteiger charge is -2.38. The zero-order chi connectivity index (χ0) is 21.3. The van der Waals surface area contributed by atoms with Crippen LogP contribution in [0.1, 0.15) is 52.2 Å². The molecule has 28 heavy (non-hydrogen) atoms. The summed E-state index contributed by atoms with van der Waals surface area (Å²) >= 11 is 0. The molecular formula is C20H32O6P2. The number of rotatable bonds is 11. The van der Waals surface area contributed by atoms with Gasteiger partial charge in [0.2, 0.25) is 0 Å². The summed E-state index contributed by atoms with van der Waals surface area (Å²) in [6, 6.07) is 7.71. The molecule has 6 nitrogen and oxygen atoms in total. The molecule has 0 aliphatic heterocycles. The van der Waals surface area contributed by atoms with Crippen LogP contribution in [0.4, 0.5) is 0 Å². The van der Waals surface area contributed by atoms with E-state index in [1.165, 1.54) is 0 Å². The molecule has 0 aliphatic carbocycles. The van der Waals surface area contributed by atoms with Gasteiger partial charge in [-0.15, -0.1) is 0 Å². The number of aryl methyl sites for hydroxylation is 1. The van der Waals surface area contributed by atoms with Crippen LogP contribution in [-0.2, 0) is 27.2 Å². The number of hydrogen-bond acceptors (Lipinski definition) is 6. The van der Waals surface area contributed by atoms with E-state index < -0.39 is 20.1 Å². The molecule has 8 heteroatoms. The van der Waals surface area contributed by atoms with Gasteiger partial charge in [-0.1, -0.05) is 29.5 Å². The molecular weight excluding hydrogens is 398 g/mol. The van der Waals surface area contributed by atoms with Crippen LogP contribution in [0.3, 0.4) is 0 Å². The number of benzene rings is 1. The number of hydrogen-bond donors (Lipinski definition) is 0. The molecule has 0 amide bonds. The Morgan fingerprint density at radius 3 is 1.57 bits per heavy atom. The summed E-state index contributed by atoms with van der Waals surface area (Å²) in [6.45, 7) is 10.9. The van der Waals surface area contributed by atoms with Gasteiger partial charge in [0.05, 0.1) is 26.4 Å². The molecule has 0 aromatic heterocycles. The van der Waals surface area contributed by atoms with E-state index >= 15 is 0 Å². The Labute approximate surface area is 169 Å². The molecule has 0 saturated carbocycles. The predicted molar refractivity (Wildman–Crippen MR) is 113 cm³/mol. The Morgan fingerprint density at radius 2 is 1.21 bits per heavy atom. The molecule has 1 aromatic carbocycles. The van der Waals surface area contributed by atoms with Gasteiger partial charge >= 0.3 is 15.2 Å². The minimum atomic E-state index is -3.87. The SMILES string of the molecule is CCOP(=O)(OCC)C(C)(CC#Cc1ccc(C)cc1)P(=O)(OCC)OCC. The smallest absolute Gasteiger partial charge is 0.308 e. The van der Waals surface area contributed by atoms with E-state index in [4.69, 9.17) is 18.1 Å². The molecule has 0 N–H and O–H groups in total. The molecule has 0 saturated heterocycles. The minimum Gasteiger partial charge on any atom is -0.308 e. The second-order valence-corrected chi connectivity index (χ2v) is 11.6. The van der Waals surface area contributed by atoms with E-state index in [1.54, 1.807) is 34.6 Å². The van der Waals surface area contributed by atoms with Crippen LogP contribution in [-0.4, -0.2) is 31.3 Å². The van der Waals surface area contributed by atoms with Crippen molar-refractivity contribution >= 4 is 15.2 Å². The molecule has 0 spiro atoms. The lowest BCUT2D eigenvalue weighted by molar-refractivity contribution is 0.180. The molecule has 0 heterocycles. The van der Waals surface area contributed by atoms with Crippen molar-refractivity contribution in [2.45, 2.75) is 52.9 Å². The highest BCUT2D eigenvalue weighted by Crippen LogP contribution is 2.78. The topological polar surface area (TPSA) is 71.1 Å². The first-order valence-corrected chi connectivity index (χ1v) is 12.6. The maximum atomic E-state index is 13.7. The van der Waals surface area contributed by atoms with Crippen molar-refractivity contribution in [3.05, 3.63) is 35.4 Å². The van der Waals surface area contributed by atoms with Crippen molar-refractivity contribution in [2.75, 3.05) is 26.4 Å². The van der Waals surface area contributed by atoms with Crippen LogP contribution >= 0.6 is 15.2 Å². The van der Waals surface area contributed by atoms with E-state index in [9.17, 15) is 9.13 Å². The van der Waals surface area contributed by atoms with Crippen molar-refractivity contribution < 1.29 is 27.2 Å². The zero-order valence-electron chi connectivity index (χ0n) is 17.7. The molecule has 0 radical (unpaired) electrons. The summed E-state index contributed by atoms with van der Waals surface area (Å²) in [7, 11) is -7.73. The van der Waals surface area contributed by atoms with Crippen LogP contribution in [0.2, 0.25) is 0 Å². The Hall–Kier alpha value is -0.920. The van der Waals surface area contributed by atoms with Crippen LogP contribution < -0.4 is 0 Å². The van der Waals surface area contributed by atoms with Crippen LogP contribution in [0.15, 0.2) is 24.3 Å². The highest BCUT2D eigenvalue weighted by molar-refractivity contribution is 7.74. The van der Waals surface area contributed by atoms with Gasteiger partial charge in [0.25, 0.3) is 0 Å². The van der Waals surface area contributed by atoms with Crippen molar-refractivity contribution in [1.29, 1.82) is 0 Å². The Morgan fingerprint density at radius 1 is 0.821 bits per heavy atom. The highest BCUT2D eigenvalue weighted by Gasteiger charge is 2.61. The molecule has 158 valence electrons. The van der Waals surface area contributed by atoms with Gasteiger partial charge < -0.3 is 18.1 Å². The lowest BCUT2D eigenvalue weighted by Crippen LogP contribution is -2.30. The fourth-order valence-electron chi connectivity index (χ4n) is 2.60. The van der Waals surface area contributed by atoms with Gasteiger partial charge in [-0.05, 0) is 53.7 Å². The summed E-state index contributed by atoms with van der Waals surface area (Å²) in [5.74, 6) is 6.02. The Balaban J connectivity index is 3.43. The fraction of sp³-hybridized carbons (Fsp3) is 0.600. The van der Waals surface area contributed by atoms with E-state index in [0.29, 0.717) is 0 Å². The van der Waals surface area contributed by atoms with Gasteiger partial charge in [0.1, 0.15) is 0 Å². The third-order valence-corrected chi connectivity index (χ3v) is 10.6. The van der Waals surface area contributed by atoms with Crippen molar-refractivity contribution in [3.8, 4) is 11.8 Å². The Kier molecular flexibility index (Phi) is 10.1. The van der Waals surface area contributed by atoms with E-state index in [2.05, 4.69) is 11.8 Å². The molecule has 0 unspecified atom stereocenters. The predicted octanol–water partition coefficient (Wildman–Crippen LogP) is 5.99. The maximum absolute atomic E-state index is 13.7. The summed E-state index contributed by atoms with van der Waals surface area (Å²) in [4.78, 5) is -1.56. The molecule has 0 fully saturated rings. The summed E-state index contributed by atoms with van der Waals surface area (Å²) in [5.41, 5.74) is 1.93. The van der Waals surface area contributed by atoms with E-state index in [0.717, 1.165) is 11.1 Å². The zero-order valence-corrected chi connectivity index (χ0v) is 19.5. The highest BCUT2D eigenvalue weighted by atomic mass is 31.2. The van der Waals surface area contributed by atoms with Gasteiger partial charge in [0.15, 0.2) is 4.90 Å². The van der Waals surface area contributed by atoms with Gasteiger partial charge in [-0.2, -0.15) is 0 Å². The molecule has 0 bridgehead atoms. The molecule has 1 rings (SSSR count). The minimum absolute atomic E-state index is 0.0323. The van der Waals surface area contributed by atoms with Crippen LogP contribution in [0, 0.1) is 18.8 Å². The van der Waals surface area contributed by atoms with Gasteiger partial charge in [0, 0.05) is 12.0 Å². The first-order chi connectivity index (χ1) is 13.2. The third-order valence-electron chi connectivity index (χ3n) is 4.08. The first-order valence-electron chi connectivity index (χ1n) is 9.55. The second kappa shape index (κ2) is 11.3. The van der Waals surface area contributed by atoms with Gasteiger partial charge in [-0.3, -0.25) is 9.13 Å². The summed E-state index contributed by atoms with van der Waals surface area (Å²) in [6.07, 6.45) is -0.0323. The largest absolute Gasteiger partial charge is 0.349 e. The van der Waals surface area contributed by atoms with Crippen LogP contribution in [0.25, 0.3) is 0 Å². The lowest BCUT2D eigenvalue weighted by atomic mass is 10.1. The third kappa shape index (κ3) is 5.80. The van der Waals surface area contributed by atoms with Gasteiger partial charge in [-0.25, -0.2) is 0 Å². The van der Waals surface area contributed by atoms with Crippen molar-refractivity contribution in [2.24, 2.45) is 0 Å². The standard InChI is InChI=1S/C20H32O6P2/c1-7-23-27(21,24-8-2)20(6,28(22,25-9-3)26-10-4)17-11-12-19-15-13-18(5)14-16-19/h13-16H,7-10,17H2,1-6H3. The molecule has 0 atom stereocenters. The van der Waals surface area contributed by atoms with Crippen LogP contribution in [0.5, 0.6) is 0 Å². The average Bonchev–Trinajstić information content (AvgIpc) is 2.64. The van der Waals surface area contributed by atoms with E-state index in [1.807, 2.05) is 31.2 Å². The fourth-order valence-corrected chi connectivity index (χ4v) is 7.66. The molecule has 1 aromatic rings. The van der Waals surface area contributed by atoms with Crippen molar-refractivity contribution in [3.63, 3.8) is 0 Å². The average molecular weight is 430 g/mol. The van der Waals surface area contributed by atoms with E-state index in [-0.39, 0.29) is 32.8 Å².